The van der Waals surface area contributed by atoms with Gasteiger partial charge in [-0.05, 0) is 59.9 Å². The zero-order valence-corrected chi connectivity index (χ0v) is 17.6. The number of carbonyl (C=O) groups is 2. The van der Waals surface area contributed by atoms with Gasteiger partial charge in [0.25, 0.3) is 11.8 Å². The lowest BCUT2D eigenvalue weighted by Crippen LogP contribution is -2.37. The van der Waals surface area contributed by atoms with Crippen LogP contribution in [0.2, 0.25) is 0 Å². The number of amides is 2. The summed E-state index contributed by atoms with van der Waals surface area (Å²) >= 11 is 0. The summed E-state index contributed by atoms with van der Waals surface area (Å²) in [7, 11) is 0. The van der Waals surface area contributed by atoms with Crippen LogP contribution < -0.4 is 5.32 Å². The van der Waals surface area contributed by atoms with Gasteiger partial charge in [-0.3, -0.25) is 9.59 Å². The average Bonchev–Trinajstić information content (AvgIpc) is 2.95. The molecule has 2 fully saturated rings. The number of fused-ring (bicyclic) bond motifs is 2. The molecule has 2 aromatic rings. The van der Waals surface area contributed by atoms with Gasteiger partial charge in [0.05, 0.1) is 0 Å². The molecule has 1 N–H and O–H groups in total. The zero-order valence-electron chi connectivity index (χ0n) is 17.6. The Morgan fingerprint density at radius 2 is 1.66 bits per heavy atom. The minimum Gasteiger partial charge on any atom is -0.348 e. The van der Waals surface area contributed by atoms with Gasteiger partial charge in [-0.25, -0.2) is 0 Å². The second-order valence-corrected chi connectivity index (χ2v) is 9.89. The van der Waals surface area contributed by atoms with Crippen LogP contribution in [0.4, 0.5) is 0 Å². The number of benzene rings is 2. The molecule has 1 heterocycles. The van der Waals surface area contributed by atoms with Crippen molar-refractivity contribution in [2.45, 2.75) is 52.6 Å². The Hall–Kier alpha value is -2.62. The van der Waals surface area contributed by atoms with Crippen LogP contribution in [-0.2, 0) is 6.54 Å². The van der Waals surface area contributed by atoms with E-state index >= 15 is 0 Å². The van der Waals surface area contributed by atoms with E-state index in [1.165, 1.54) is 6.42 Å². The van der Waals surface area contributed by atoms with Gasteiger partial charge in [0.15, 0.2) is 0 Å². The van der Waals surface area contributed by atoms with Gasteiger partial charge >= 0.3 is 0 Å². The molecule has 2 atom stereocenters. The highest BCUT2D eigenvalue weighted by molar-refractivity contribution is 5.95. The standard InChI is InChI=1S/C25H30N2O2/c1-24(2)13-21-14-25(3,16-24)17-27(21)23(29)20-11-9-18(10-12-20)15-26-22(28)19-7-5-4-6-8-19/h4-12,21H,13-17H2,1-3H3,(H,26,28). The maximum atomic E-state index is 13.2. The van der Waals surface area contributed by atoms with Crippen LogP contribution in [0, 0.1) is 10.8 Å². The van der Waals surface area contributed by atoms with Gasteiger partial charge in [0, 0.05) is 30.3 Å². The maximum Gasteiger partial charge on any atom is 0.254 e. The SMILES string of the molecule is CC1(C)CC2CC(C)(CN2C(=O)c2ccc(CNC(=O)c3ccccc3)cc2)C1. The van der Waals surface area contributed by atoms with E-state index in [2.05, 4.69) is 31.0 Å². The molecule has 29 heavy (non-hydrogen) atoms. The molecule has 2 aliphatic rings. The summed E-state index contributed by atoms with van der Waals surface area (Å²) < 4.78 is 0. The van der Waals surface area contributed by atoms with E-state index in [-0.39, 0.29) is 17.2 Å². The molecule has 2 unspecified atom stereocenters. The van der Waals surface area contributed by atoms with Crippen LogP contribution in [0.15, 0.2) is 54.6 Å². The van der Waals surface area contributed by atoms with E-state index in [4.69, 9.17) is 0 Å². The molecule has 1 aliphatic heterocycles. The van der Waals surface area contributed by atoms with Crippen molar-refractivity contribution < 1.29 is 9.59 Å². The summed E-state index contributed by atoms with van der Waals surface area (Å²) in [6.45, 7) is 8.27. The van der Waals surface area contributed by atoms with Gasteiger partial charge < -0.3 is 10.2 Å². The Balaban J connectivity index is 1.39. The number of hydrogen-bond donors (Lipinski definition) is 1. The number of nitrogens with zero attached hydrogens (tertiary/aromatic N) is 1. The minimum absolute atomic E-state index is 0.0917. The van der Waals surface area contributed by atoms with E-state index in [0.29, 0.717) is 23.6 Å². The molecule has 1 aliphatic carbocycles. The quantitative estimate of drug-likeness (QED) is 0.826. The van der Waals surface area contributed by atoms with Crippen molar-refractivity contribution in [3.63, 3.8) is 0 Å². The number of likely N-dealkylation sites (tertiary alicyclic amines) is 1. The van der Waals surface area contributed by atoms with Crippen molar-refractivity contribution in [3.05, 3.63) is 71.3 Å². The Bertz CT molecular complexity index is 904. The smallest absolute Gasteiger partial charge is 0.254 e. The second-order valence-electron chi connectivity index (χ2n) is 9.89. The third-order valence-corrected chi connectivity index (χ3v) is 6.37. The van der Waals surface area contributed by atoms with E-state index in [1.54, 1.807) is 12.1 Å². The topological polar surface area (TPSA) is 49.4 Å². The van der Waals surface area contributed by atoms with Crippen molar-refractivity contribution in [1.82, 2.24) is 10.2 Å². The molecule has 2 bridgehead atoms. The lowest BCUT2D eigenvalue weighted by molar-refractivity contribution is 0.0708. The van der Waals surface area contributed by atoms with Crippen LogP contribution in [-0.4, -0.2) is 29.3 Å². The van der Waals surface area contributed by atoms with Crippen molar-refractivity contribution in [2.24, 2.45) is 10.8 Å². The molecule has 2 amide bonds. The first-order valence-corrected chi connectivity index (χ1v) is 10.5. The van der Waals surface area contributed by atoms with Crippen molar-refractivity contribution in [1.29, 1.82) is 0 Å². The fraction of sp³-hybridized carbons (Fsp3) is 0.440. The molecule has 152 valence electrons. The van der Waals surface area contributed by atoms with Crippen LogP contribution in [0.1, 0.15) is 66.3 Å². The summed E-state index contributed by atoms with van der Waals surface area (Å²) in [5, 5.41) is 2.93. The fourth-order valence-corrected chi connectivity index (χ4v) is 5.50. The van der Waals surface area contributed by atoms with E-state index < -0.39 is 0 Å². The van der Waals surface area contributed by atoms with E-state index in [0.717, 1.165) is 30.5 Å². The highest BCUT2D eigenvalue weighted by Gasteiger charge is 2.50. The summed E-state index contributed by atoms with van der Waals surface area (Å²) in [6, 6.07) is 17.2. The van der Waals surface area contributed by atoms with Gasteiger partial charge in [-0.15, -0.1) is 0 Å². The Kier molecular flexibility index (Phi) is 4.97. The molecule has 0 radical (unpaired) electrons. The Labute approximate surface area is 173 Å². The van der Waals surface area contributed by atoms with Gasteiger partial charge in [-0.1, -0.05) is 51.1 Å². The van der Waals surface area contributed by atoms with Crippen LogP contribution in [0.5, 0.6) is 0 Å². The molecule has 4 nitrogen and oxygen atoms in total. The summed E-state index contributed by atoms with van der Waals surface area (Å²) in [5.74, 6) is 0.0437. The molecule has 2 aromatic carbocycles. The van der Waals surface area contributed by atoms with Crippen molar-refractivity contribution in [2.75, 3.05) is 6.54 Å². The molecular weight excluding hydrogens is 360 g/mol. The lowest BCUT2D eigenvalue weighted by Gasteiger charge is -2.39. The molecule has 0 spiro atoms. The summed E-state index contributed by atoms with van der Waals surface area (Å²) in [4.78, 5) is 27.4. The van der Waals surface area contributed by atoms with Gasteiger partial charge in [0.2, 0.25) is 0 Å². The number of hydrogen-bond acceptors (Lipinski definition) is 2. The minimum atomic E-state index is -0.0917. The number of rotatable bonds is 4. The van der Waals surface area contributed by atoms with Gasteiger partial charge in [0.1, 0.15) is 0 Å². The van der Waals surface area contributed by atoms with E-state index in [1.807, 2.05) is 42.5 Å². The van der Waals surface area contributed by atoms with Crippen LogP contribution in [0.25, 0.3) is 0 Å². The summed E-state index contributed by atoms with van der Waals surface area (Å²) in [6.07, 6.45) is 3.38. The van der Waals surface area contributed by atoms with E-state index in [9.17, 15) is 9.59 Å². The van der Waals surface area contributed by atoms with Crippen molar-refractivity contribution in [3.8, 4) is 0 Å². The average molecular weight is 391 g/mol. The van der Waals surface area contributed by atoms with Crippen molar-refractivity contribution >= 4 is 11.8 Å². The fourth-order valence-electron chi connectivity index (χ4n) is 5.50. The maximum absolute atomic E-state index is 13.2. The highest BCUT2D eigenvalue weighted by atomic mass is 16.2. The Morgan fingerprint density at radius 3 is 2.34 bits per heavy atom. The largest absolute Gasteiger partial charge is 0.348 e. The molecule has 0 aromatic heterocycles. The first kappa shape index (κ1) is 19.7. The number of carbonyl (C=O) groups excluding carboxylic acids is 2. The molecule has 4 heteroatoms. The predicted octanol–water partition coefficient (Wildman–Crippen LogP) is 4.66. The van der Waals surface area contributed by atoms with Crippen LogP contribution >= 0.6 is 0 Å². The molecular formula is C25H30N2O2. The monoisotopic (exact) mass is 390 g/mol. The second kappa shape index (κ2) is 7.33. The first-order chi connectivity index (χ1) is 13.7. The lowest BCUT2D eigenvalue weighted by atomic mass is 9.65. The predicted molar refractivity (Wildman–Crippen MR) is 115 cm³/mol. The highest BCUT2D eigenvalue weighted by Crippen LogP contribution is 2.52. The molecule has 1 saturated carbocycles. The van der Waals surface area contributed by atoms with Crippen LogP contribution in [0.3, 0.4) is 0 Å². The first-order valence-electron chi connectivity index (χ1n) is 10.5. The normalized spacial score (nSPS) is 24.9. The number of nitrogens with one attached hydrogen (secondary N) is 1. The Morgan fingerprint density at radius 1 is 0.966 bits per heavy atom. The van der Waals surface area contributed by atoms with Gasteiger partial charge in [-0.2, -0.15) is 0 Å². The summed E-state index contributed by atoms with van der Waals surface area (Å²) in [5.41, 5.74) is 2.91. The third-order valence-electron chi connectivity index (χ3n) is 6.37. The zero-order chi connectivity index (χ0) is 20.6. The molecule has 4 rings (SSSR count). The third kappa shape index (κ3) is 4.21. The molecule has 1 saturated heterocycles.